The molecule has 2 aromatic carbocycles. The van der Waals surface area contributed by atoms with Crippen LogP contribution in [-0.4, -0.2) is 15.0 Å². The van der Waals surface area contributed by atoms with Crippen LogP contribution in [0, 0.1) is 0 Å². The van der Waals surface area contributed by atoms with Crippen LogP contribution in [0.4, 0.5) is 0 Å². The van der Waals surface area contributed by atoms with Gasteiger partial charge in [0, 0.05) is 0 Å². The van der Waals surface area contributed by atoms with Crippen LogP contribution in [-0.2, 0) is 6.42 Å². The zero-order valence-electron chi connectivity index (χ0n) is 10.9. The molecule has 100 valence electrons. The highest BCUT2D eigenvalue weighted by Gasteiger charge is 2.05. The first-order chi connectivity index (χ1) is 9.84. The molecule has 0 unspecified atom stereocenters. The number of para-hydroxylation sites is 1. The number of aryl methyl sites for hydroxylation is 1. The van der Waals surface area contributed by atoms with E-state index in [1.165, 1.54) is 5.56 Å². The second kappa shape index (κ2) is 6.01. The molecule has 3 rings (SSSR count). The third-order valence-electron chi connectivity index (χ3n) is 3.14. The van der Waals surface area contributed by atoms with E-state index in [1.54, 1.807) is 0 Å². The molecule has 4 heteroatoms. The Bertz CT molecular complexity index is 732. The fourth-order valence-corrected chi connectivity index (χ4v) is 2.61. The Balaban J connectivity index is 1.75. The summed E-state index contributed by atoms with van der Waals surface area (Å²) in [6.45, 7) is 0. The van der Waals surface area contributed by atoms with E-state index in [1.807, 2.05) is 35.0 Å². The third-order valence-corrected chi connectivity index (χ3v) is 3.80. The van der Waals surface area contributed by atoms with Crippen molar-refractivity contribution < 1.29 is 0 Å². The van der Waals surface area contributed by atoms with Gasteiger partial charge in [-0.05, 0) is 46.5 Å². The Morgan fingerprint density at radius 2 is 1.80 bits per heavy atom. The SMILES string of the molecule is Br/C(=C/CCc1ccccc1)n1nnc2ccccc21. The zero-order chi connectivity index (χ0) is 13.8. The molecule has 1 aromatic heterocycles. The quantitative estimate of drug-likeness (QED) is 0.716. The van der Waals surface area contributed by atoms with Crippen molar-refractivity contribution in [2.24, 2.45) is 0 Å². The number of aromatic nitrogens is 3. The molecule has 3 nitrogen and oxygen atoms in total. The Kier molecular flexibility index (Phi) is 3.92. The molecule has 0 bridgehead atoms. The lowest BCUT2D eigenvalue weighted by atomic mass is 10.1. The van der Waals surface area contributed by atoms with Gasteiger partial charge in [-0.25, -0.2) is 4.68 Å². The van der Waals surface area contributed by atoms with Crippen LogP contribution < -0.4 is 0 Å². The molecule has 3 aromatic rings. The van der Waals surface area contributed by atoms with Crippen molar-refractivity contribution in [3.63, 3.8) is 0 Å². The van der Waals surface area contributed by atoms with Crippen molar-refractivity contribution in [2.45, 2.75) is 12.8 Å². The van der Waals surface area contributed by atoms with Gasteiger partial charge < -0.3 is 0 Å². The molecular formula is C16H14BrN3. The molecule has 1 heterocycles. The number of nitrogens with zero attached hydrogens (tertiary/aromatic N) is 3. The van der Waals surface area contributed by atoms with E-state index in [0.29, 0.717) is 0 Å². The Labute approximate surface area is 126 Å². The van der Waals surface area contributed by atoms with Gasteiger partial charge in [0.15, 0.2) is 0 Å². The summed E-state index contributed by atoms with van der Waals surface area (Å²) in [5.74, 6) is 0. The monoisotopic (exact) mass is 327 g/mol. The van der Waals surface area contributed by atoms with Gasteiger partial charge in [-0.15, -0.1) is 5.10 Å². The van der Waals surface area contributed by atoms with E-state index < -0.39 is 0 Å². The Morgan fingerprint density at radius 1 is 1.05 bits per heavy atom. The van der Waals surface area contributed by atoms with Gasteiger partial charge in [0.25, 0.3) is 0 Å². The normalized spacial score (nSPS) is 11.9. The standard InChI is InChI=1S/C16H14BrN3/c17-16(12-6-9-13-7-2-1-3-8-13)20-15-11-5-4-10-14(15)18-19-20/h1-5,7-8,10-12H,6,9H2/b16-12-. The maximum absolute atomic E-state index is 4.17. The number of allylic oxidation sites excluding steroid dienone is 1. The lowest BCUT2D eigenvalue weighted by Gasteiger charge is -2.01. The van der Waals surface area contributed by atoms with Crippen LogP contribution in [0.1, 0.15) is 12.0 Å². The summed E-state index contributed by atoms with van der Waals surface area (Å²) in [5, 5.41) is 8.32. The summed E-state index contributed by atoms with van der Waals surface area (Å²) in [5.41, 5.74) is 3.25. The summed E-state index contributed by atoms with van der Waals surface area (Å²) in [6, 6.07) is 18.4. The zero-order valence-corrected chi connectivity index (χ0v) is 12.5. The van der Waals surface area contributed by atoms with E-state index >= 15 is 0 Å². The fourth-order valence-electron chi connectivity index (χ4n) is 2.12. The number of benzene rings is 2. The van der Waals surface area contributed by atoms with Crippen LogP contribution in [0.3, 0.4) is 0 Å². The first-order valence-corrected chi connectivity index (χ1v) is 7.34. The van der Waals surface area contributed by atoms with Crippen molar-refractivity contribution in [2.75, 3.05) is 0 Å². The average Bonchev–Trinajstić information content (AvgIpc) is 2.92. The van der Waals surface area contributed by atoms with E-state index in [9.17, 15) is 0 Å². The number of hydrogen-bond donors (Lipinski definition) is 0. The Hall–Kier alpha value is -1.94. The minimum atomic E-state index is 0.904. The molecule has 0 aliphatic heterocycles. The molecule has 0 fully saturated rings. The number of fused-ring (bicyclic) bond motifs is 1. The van der Waals surface area contributed by atoms with Crippen LogP contribution >= 0.6 is 15.9 Å². The molecule has 0 aliphatic carbocycles. The molecule has 0 N–H and O–H groups in total. The van der Waals surface area contributed by atoms with E-state index in [0.717, 1.165) is 28.5 Å². The van der Waals surface area contributed by atoms with Gasteiger partial charge in [-0.2, -0.15) is 0 Å². The topological polar surface area (TPSA) is 30.7 Å². The van der Waals surface area contributed by atoms with E-state index in [2.05, 4.69) is 56.6 Å². The molecule has 0 atom stereocenters. The second-order valence-electron chi connectivity index (χ2n) is 4.54. The van der Waals surface area contributed by atoms with Gasteiger partial charge in [0.1, 0.15) is 10.1 Å². The van der Waals surface area contributed by atoms with Crippen molar-refractivity contribution in [3.05, 3.63) is 66.2 Å². The molecule has 0 spiro atoms. The lowest BCUT2D eigenvalue weighted by Crippen LogP contribution is -1.94. The number of halogens is 1. The smallest absolute Gasteiger partial charge is 0.113 e. The summed E-state index contributed by atoms with van der Waals surface area (Å²) in [4.78, 5) is 0. The first-order valence-electron chi connectivity index (χ1n) is 6.55. The van der Waals surface area contributed by atoms with Gasteiger partial charge >= 0.3 is 0 Å². The molecule has 0 saturated carbocycles. The minimum Gasteiger partial charge on any atom is -0.206 e. The largest absolute Gasteiger partial charge is 0.206 e. The third kappa shape index (κ3) is 2.80. The Morgan fingerprint density at radius 3 is 2.65 bits per heavy atom. The summed E-state index contributed by atoms with van der Waals surface area (Å²) < 4.78 is 2.75. The highest BCUT2D eigenvalue weighted by atomic mass is 79.9. The minimum absolute atomic E-state index is 0.904. The van der Waals surface area contributed by atoms with Gasteiger partial charge in [0.05, 0.1) is 5.52 Å². The summed E-state index contributed by atoms with van der Waals surface area (Å²) >= 11 is 3.58. The maximum Gasteiger partial charge on any atom is 0.113 e. The lowest BCUT2D eigenvalue weighted by molar-refractivity contribution is 0.851. The van der Waals surface area contributed by atoms with Gasteiger partial charge in [-0.1, -0.05) is 53.8 Å². The molecule has 0 radical (unpaired) electrons. The van der Waals surface area contributed by atoms with Crippen LogP contribution in [0.15, 0.2) is 60.7 Å². The summed E-state index contributed by atoms with van der Waals surface area (Å²) in [7, 11) is 0. The van der Waals surface area contributed by atoms with Gasteiger partial charge in [0.2, 0.25) is 0 Å². The number of hydrogen-bond acceptors (Lipinski definition) is 2. The maximum atomic E-state index is 4.17. The van der Waals surface area contributed by atoms with Crippen LogP contribution in [0.2, 0.25) is 0 Å². The first kappa shape index (κ1) is 13.1. The van der Waals surface area contributed by atoms with E-state index in [-0.39, 0.29) is 0 Å². The predicted octanol–water partition coefficient (Wildman–Crippen LogP) is 4.26. The molecule has 20 heavy (non-hydrogen) atoms. The average molecular weight is 328 g/mol. The molecular weight excluding hydrogens is 314 g/mol. The molecule has 0 saturated heterocycles. The van der Waals surface area contributed by atoms with Crippen molar-refractivity contribution >= 4 is 31.6 Å². The van der Waals surface area contributed by atoms with Crippen molar-refractivity contribution in [3.8, 4) is 0 Å². The van der Waals surface area contributed by atoms with Crippen molar-refractivity contribution in [1.82, 2.24) is 15.0 Å². The molecule has 0 aliphatic rings. The van der Waals surface area contributed by atoms with Gasteiger partial charge in [-0.3, -0.25) is 0 Å². The summed E-state index contributed by atoms with van der Waals surface area (Å²) in [6.07, 6.45) is 4.11. The predicted molar refractivity (Wildman–Crippen MR) is 85.5 cm³/mol. The fraction of sp³-hybridized carbons (Fsp3) is 0.125. The van der Waals surface area contributed by atoms with Crippen LogP contribution in [0.25, 0.3) is 15.6 Å². The molecule has 0 amide bonds. The highest BCUT2D eigenvalue weighted by molar-refractivity contribution is 9.14. The van der Waals surface area contributed by atoms with Crippen molar-refractivity contribution in [1.29, 1.82) is 0 Å². The highest BCUT2D eigenvalue weighted by Crippen LogP contribution is 2.20. The van der Waals surface area contributed by atoms with Crippen LogP contribution in [0.5, 0.6) is 0 Å². The second-order valence-corrected chi connectivity index (χ2v) is 5.35. The van der Waals surface area contributed by atoms with E-state index in [4.69, 9.17) is 0 Å². The number of rotatable bonds is 4.